The first-order valence-electron chi connectivity index (χ1n) is 8.15. The second-order valence-corrected chi connectivity index (χ2v) is 6.71. The Hall–Kier alpha value is -2.32. The van der Waals surface area contributed by atoms with Crippen molar-refractivity contribution >= 4 is 28.1 Å². The van der Waals surface area contributed by atoms with Gasteiger partial charge in [-0.05, 0) is 42.4 Å². The van der Waals surface area contributed by atoms with E-state index in [2.05, 4.69) is 31.6 Å². The van der Waals surface area contributed by atoms with E-state index in [4.69, 9.17) is 21.7 Å². The van der Waals surface area contributed by atoms with Crippen molar-refractivity contribution in [2.24, 2.45) is 0 Å². The van der Waals surface area contributed by atoms with E-state index in [1.165, 1.54) is 0 Å². The van der Waals surface area contributed by atoms with Crippen LogP contribution in [0.2, 0.25) is 0 Å². The number of nitrogens with one attached hydrogen (secondary N) is 2. The minimum atomic E-state index is 0.481. The van der Waals surface area contributed by atoms with Gasteiger partial charge in [0.15, 0.2) is 11.5 Å². The summed E-state index contributed by atoms with van der Waals surface area (Å²) in [5.74, 6) is 1.41. The molecule has 0 unspecified atom stereocenters. The van der Waals surface area contributed by atoms with Gasteiger partial charge < -0.3 is 14.9 Å². The summed E-state index contributed by atoms with van der Waals surface area (Å²) in [6.45, 7) is 3.54. The molecule has 1 heterocycles. The smallest absolute Gasteiger partial charge is 0.214 e. The predicted molar refractivity (Wildman–Crippen MR) is 107 cm³/mol. The number of aromatic nitrogens is 3. The summed E-state index contributed by atoms with van der Waals surface area (Å²) in [5, 5.41) is 6.59. The number of hydrogen-bond donors (Lipinski definition) is 2. The summed E-state index contributed by atoms with van der Waals surface area (Å²) in [6.07, 6.45) is 1.59. The molecule has 26 heavy (non-hydrogen) atoms. The molecule has 0 bridgehead atoms. The zero-order chi connectivity index (χ0) is 18.4. The summed E-state index contributed by atoms with van der Waals surface area (Å²) in [7, 11) is 0. The van der Waals surface area contributed by atoms with Crippen molar-refractivity contribution < 1.29 is 9.47 Å². The van der Waals surface area contributed by atoms with Gasteiger partial charge in [-0.3, -0.25) is 5.10 Å². The Morgan fingerprint density at radius 2 is 1.96 bits per heavy atom. The van der Waals surface area contributed by atoms with Gasteiger partial charge in [0.2, 0.25) is 4.77 Å². The molecule has 0 spiro atoms. The number of nitrogens with zero attached hydrogens (tertiary/aromatic N) is 2. The van der Waals surface area contributed by atoms with Crippen molar-refractivity contribution in [2.75, 3.05) is 12.0 Å². The fourth-order valence-corrected chi connectivity index (χ4v) is 2.99. The van der Waals surface area contributed by atoms with Gasteiger partial charge >= 0.3 is 0 Å². The fourth-order valence-electron chi connectivity index (χ4n) is 2.36. The van der Waals surface area contributed by atoms with E-state index < -0.39 is 0 Å². The minimum Gasteiger partial charge on any atom is -0.490 e. The lowest BCUT2D eigenvalue weighted by atomic mass is 10.2. The number of halogens is 1. The van der Waals surface area contributed by atoms with Crippen LogP contribution in [0, 0.1) is 4.77 Å². The fraction of sp³-hybridized carbons (Fsp3) is 0.222. The molecule has 0 radical (unpaired) electrons. The van der Waals surface area contributed by atoms with Crippen LogP contribution in [0.15, 0.2) is 53.3 Å². The molecule has 3 rings (SSSR count). The summed E-state index contributed by atoms with van der Waals surface area (Å²) in [6, 6.07) is 13.9. The van der Waals surface area contributed by atoms with Crippen molar-refractivity contribution in [1.82, 2.24) is 14.9 Å². The molecule has 8 heteroatoms. The lowest BCUT2D eigenvalue weighted by Crippen LogP contribution is -2.14. The highest BCUT2D eigenvalue weighted by Gasteiger charge is 2.11. The lowest BCUT2D eigenvalue weighted by molar-refractivity contribution is 0.269. The topological polar surface area (TPSA) is 64.1 Å². The molecule has 0 atom stereocenters. The van der Waals surface area contributed by atoms with E-state index in [-0.39, 0.29) is 0 Å². The molecule has 2 N–H and O–H groups in total. The summed E-state index contributed by atoms with van der Waals surface area (Å²) in [4.78, 5) is 0. The molecule has 0 saturated heterocycles. The molecule has 0 aliphatic rings. The summed E-state index contributed by atoms with van der Waals surface area (Å²) in [5.41, 5.74) is 5.31. The van der Waals surface area contributed by atoms with E-state index in [0.717, 1.165) is 15.6 Å². The van der Waals surface area contributed by atoms with Gasteiger partial charge in [-0.15, -0.1) is 0 Å². The second-order valence-electron chi connectivity index (χ2n) is 5.46. The lowest BCUT2D eigenvalue weighted by Gasteiger charge is -2.16. The maximum Gasteiger partial charge on any atom is 0.214 e. The van der Waals surface area contributed by atoms with Crippen molar-refractivity contribution in [3.8, 4) is 11.5 Å². The Balaban J connectivity index is 1.76. The highest BCUT2D eigenvalue weighted by molar-refractivity contribution is 9.10. The number of ether oxygens (including phenoxy) is 2. The Labute approximate surface area is 165 Å². The van der Waals surface area contributed by atoms with Crippen LogP contribution in [0.4, 0.5) is 0 Å². The highest BCUT2D eigenvalue weighted by Crippen LogP contribution is 2.34. The summed E-state index contributed by atoms with van der Waals surface area (Å²) >= 11 is 8.74. The first-order chi connectivity index (χ1) is 12.7. The number of aromatic amines is 1. The molecule has 0 aliphatic heterocycles. The van der Waals surface area contributed by atoms with Gasteiger partial charge in [-0.1, -0.05) is 46.3 Å². The van der Waals surface area contributed by atoms with Gasteiger partial charge in [0.1, 0.15) is 12.9 Å². The zero-order valence-corrected chi connectivity index (χ0v) is 16.6. The molecule has 0 aliphatic carbocycles. The molecule has 6 nitrogen and oxygen atoms in total. The Morgan fingerprint density at radius 3 is 2.65 bits per heavy atom. The molecular weight excluding hydrogens is 416 g/mol. The standard InChI is InChI=1S/C18H19BrN4O2S/c1-2-24-16-8-14(10-21-23-12-20-22-18(23)26)15(19)9-17(16)25-11-13-6-4-3-5-7-13/h3-9,12,21H,2,10-11H2,1H3,(H,22,26). The van der Waals surface area contributed by atoms with Crippen LogP contribution in [0.3, 0.4) is 0 Å². The molecule has 0 fully saturated rings. The third kappa shape index (κ3) is 4.64. The third-order valence-corrected chi connectivity index (χ3v) is 4.67. The molecule has 1 aromatic heterocycles. The van der Waals surface area contributed by atoms with Crippen molar-refractivity contribution in [2.45, 2.75) is 20.1 Å². The van der Waals surface area contributed by atoms with Crippen molar-refractivity contribution in [3.05, 3.63) is 69.2 Å². The highest BCUT2D eigenvalue weighted by atomic mass is 79.9. The van der Waals surface area contributed by atoms with Crippen molar-refractivity contribution in [3.63, 3.8) is 0 Å². The number of hydrogen-bond acceptors (Lipinski definition) is 5. The summed E-state index contributed by atoms with van der Waals surface area (Å²) < 4.78 is 14.8. The first-order valence-corrected chi connectivity index (χ1v) is 9.35. The molecular formula is C18H19BrN4O2S. The Kier molecular flexibility index (Phi) is 6.30. The molecule has 0 amide bonds. The van der Waals surface area contributed by atoms with E-state index in [9.17, 15) is 0 Å². The van der Waals surface area contributed by atoms with Gasteiger partial charge in [-0.25, -0.2) is 4.68 Å². The predicted octanol–water partition coefficient (Wildman–Crippen LogP) is 4.42. The van der Waals surface area contributed by atoms with Gasteiger partial charge in [0, 0.05) is 4.47 Å². The van der Waals surface area contributed by atoms with Crippen LogP contribution in [-0.2, 0) is 13.2 Å². The average Bonchev–Trinajstić information content (AvgIpc) is 3.06. The minimum absolute atomic E-state index is 0.481. The van der Waals surface area contributed by atoms with Crippen LogP contribution in [0.5, 0.6) is 11.5 Å². The van der Waals surface area contributed by atoms with Crippen LogP contribution in [0.1, 0.15) is 18.1 Å². The number of rotatable bonds is 8. The SMILES string of the molecule is CCOc1cc(CNn2cn[nH]c2=S)c(Br)cc1OCc1ccccc1. The van der Waals surface area contributed by atoms with Gasteiger partial charge in [0.25, 0.3) is 0 Å². The van der Waals surface area contributed by atoms with Crippen LogP contribution >= 0.6 is 28.1 Å². The average molecular weight is 435 g/mol. The van der Waals surface area contributed by atoms with Crippen LogP contribution in [0.25, 0.3) is 0 Å². The Morgan fingerprint density at radius 1 is 1.19 bits per heavy atom. The van der Waals surface area contributed by atoms with Crippen LogP contribution in [-0.4, -0.2) is 21.5 Å². The number of benzene rings is 2. The van der Waals surface area contributed by atoms with Crippen LogP contribution < -0.4 is 14.9 Å². The second kappa shape index (κ2) is 8.86. The normalized spacial score (nSPS) is 10.5. The maximum atomic E-state index is 5.97. The van der Waals surface area contributed by atoms with E-state index >= 15 is 0 Å². The van der Waals surface area contributed by atoms with Gasteiger partial charge in [0.05, 0.1) is 13.2 Å². The number of H-pyrrole nitrogens is 1. The molecule has 0 saturated carbocycles. The largest absolute Gasteiger partial charge is 0.490 e. The molecule has 2 aromatic carbocycles. The zero-order valence-electron chi connectivity index (χ0n) is 14.2. The molecule has 136 valence electrons. The van der Waals surface area contributed by atoms with E-state index in [1.54, 1.807) is 11.0 Å². The van der Waals surface area contributed by atoms with E-state index in [0.29, 0.717) is 36.0 Å². The van der Waals surface area contributed by atoms with E-state index in [1.807, 2.05) is 49.4 Å². The van der Waals surface area contributed by atoms with Gasteiger partial charge in [-0.2, -0.15) is 5.10 Å². The quantitative estimate of drug-likeness (QED) is 0.513. The molecule has 3 aromatic rings. The Bertz CT molecular complexity index is 911. The maximum absolute atomic E-state index is 5.97. The first kappa shape index (κ1) is 18.5. The monoisotopic (exact) mass is 434 g/mol. The third-order valence-electron chi connectivity index (χ3n) is 3.64. The van der Waals surface area contributed by atoms with Crippen molar-refractivity contribution in [1.29, 1.82) is 0 Å².